The molecule has 1 aliphatic rings. The van der Waals surface area contributed by atoms with Gasteiger partial charge in [-0.1, -0.05) is 11.6 Å². The Hall–Kier alpha value is -0.710. The summed E-state index contributed by atoms with van der Waals surface area (Å²) in [6.07, 6.45) is -0.960. The number of rotatable bonds is 6. The van der Waals surface area contributed by atoms with Crippen molar-refractivity contribution in [3.63, 3.8) is 0 Å². The molecule has 1 aromatic rings. The van der Waals surface area contributed by atoms with Crippen molar-refractivity contribution in [1.29, 1.82) is 0 Å². The number of aliphatic hydroxyl groups is 1. The van der Waals surface area contributed by atoms with Crippen LogP contribution in [0.15, 0.2) is 29.2 Å². The molecule has 1 aromatic carbocycles. The van der Waals surface area contributed by atoms with E-state index in [0.717, 1.165) is 0 Å². The van der Waals surface area contributed by atoms with Crippen molar-refractivity contribution in [1.82, 2.24) is 10.0 Å². The minimum atomic E-state index is -3.64. The molecule has 0 radical (unpaired) electrons. The van der Waals surface area contributed by atoms with Crippen LogP contribution in [0.1, 0.15) is 0 Å². The Bertz CT molecular complexity index is 718. The van der Waals surface area contributed by atoms with Gasteiger partial charge in [0.1, 0.15) is 0 Å². The fourth-order valence-electron chi connectivity index (χ4n) is 2.16. The molecule has 1 heterocycles. The highest BCUT2D eigenvalue weighted by atomic mass is 35.5. The van der Waals surface area contributed by atoms with E-state index in [9.17, 15) is 21.9 Å². The molecule has 0 aromatic heterocycles. The normalized spacial score (nSPS) is 24.5. The first-order valence-electron chi connectivity index (χ1n) is 6.57. The minimum Gasteiger partial charge on any atom is -0.390 e. The van der Waals surface area contributed by atoms with E-state index < -0.39 is 32.0 Å². The van der Waals surface area contributed by atoms with Crippen molar-refractivity contribution in [3.8, 4) is 0 Å². The molecule has 0 aliphatic carbocycles. The summed E-state index contributed by atoms with van der Waals surface area (Å²) in [6.45, 7) is 0.290. The van der Waals surface area contributed by atoms with E-state index in [1.165, 1.54) is 24.3 Å². The molecule has 1 fully saturated rings. The predicted molar refractivity (Wildman–Crippen MR) is 83.1 cm³/mol. The van der Waals surface area contributed by atoms with E-state index in [1.807, 2.05) is 0 Å². The van der Waals surface area contributed by atoms with Crippen LogP contribution in [-0.2, 0) is 19.9 Å². The smallest absolute Gasteiger partial charge is 0.240 e. The standard InChI is InChI=1S/C12H17ClN2O5S2/c13-9-1-3-10(4-2-9)22(19,20)15-6-5-14-11-7-21(17,18)8-12(11)16/h1-4,11-12,14-16H,5-8H2/t11-,12-/m1/s1. The SMILES string of the molecule is O=S1(=O)C[C@@H](O)[C@H](NCCNS(=O)(=O)c2ccc(Cl)cc2)C1. The van der Waals surface area contributed by atoms with Gasteiger partial charge in [0.05, 0.1) is 22.5 Å². The highest BCUT2D eigenvalue weighted by molar-refractivity contribution is 7.91. The van der Waals surface area contributed by atoms with Crippen LogP contribution < -0.4 is 10.0 Å². The molecule has 0 saturated carbocycles. The van der Waals surface area contributed by atoms with Crippen molar-refractivity contribution < 1.29 is 21.9 Å². The van der Waals surface area contributed by atoms with Crippen LogP contribution in [0.4, 0.5) is 0 Å². The van der Waals surface area contributed by atoms with E-state index in [0.29, 0.717) is 5.02 Å². The molecule has 0 bridgehead atoms. The van der Waals surface area contributed by atoms with Gasteiger partial charge >= 0.3 is 0 Å². The Labute approximate surface area is 134 Å². The number of aliphatic hydroxyl groups excluding tert-OH is 1. The zero-order chi connectivity index (χ0) is 16.4. The highest BCUT2D eigenvalue weighted by Gasteiger charge is 2.35. The Balaban J connectivity index is 1.82. The van der Waals surface area contributed by atoms with Crippen LogP contribution in [0.25, 0.3) is 0 Å². The topological polar surface area (TPSA) is 113 Å². The van der Waals surface area contributed by atoms with Gasteiger partial charge in [-0.2, -0.15) is 0 Å². The lowest BCUT2D eigenvalue weighted by atomic mass is 10.2. The maximum Gasteiger partial charge on any atom is 0.240 e. The van der Waals surface area contributed by atoms with Gasteiger partial charge in [-0.3, -0.25) is 0 Å². The van der Waals surface area contributed by atoms with Crippen LogP contribution in [0.2, 0.25) is 5.02 Å². The monoisotopic (exact) mass is 368 g/mol. The average molecular weight is 369 g/mol. The maximum absolute atomic E-state index is 12.0. The van der Waals surface area contributed by atoms with Crippen LogP contribution in [-0.4, -0.2) is 58.7 Å². The number of hydrogen-bond acceptors (Lipinski definition) is 6. The number of halogens is 1. The van der Waals surface area contributed by atoms with E-state index in [2.05, 4.69) is 10.0 Å². The molecule has 10 heteroatoms. The number of sulfone groups is 1. The second-order valence-electron chi connectivity index (χ2n) is 5.06. The first kappa shape index (κ1) is 17.6. The molecular weight excluding hydrogens is 352 g/mol. The van der Waals surface area contributed by atoms with Gasteiger partial charge in [0.25, 0.3) is 0 Å². The molecule has 1 saturated heterocycles. The summed E-state index contributed by atoms with van der Waals surface area (Å²) in [5.74, 6) is -0.404. The molecular formula is C12H17ClN2O5S2. The number of nitrogens with one attached hydrogen (secondary N) is 2. The van der Waals surface area contributed by atoms with E-state index in [1.54, 1.807) is 0 Å². The second-order valence-corrected chi connectivity index (χ2v) is 9.41. The third-order valence-electron chi connectivity index (χ3n) is 3.27. The molecule has 22 heavy (non-hydrogen) atoms. The van der Waals surface area contributed by atoms with Gasteiger partial charge in [0.2, 0.25) is 10.0 Å². The molecule has 0 unspecified atom stereocenters. The van der Waals surface area contributed by atoms with Crippen molar-refractivity contribution in [3.05, 3.63) is 29.3 Å². The molecule has 2 rings (SSSR count). The van der Waals surface area contributed by atoms with E-state index in [4.69, 9.17) is 11.6 Å². The van der Waals surface area contributed by atoms with Crippen molar-refractivity contribution in [2.24, 2.45) is 0 Å². The minimum absolute atomic E-state index is 0.0776. The second kappa shape index (κ2) is 6.81. The third kappa shape index (κ3) is 4.64. The molecule has 3 N–H and O–H groups in total. The van der Waals surface area contributed by atoms with Gasteiger partial charge in [-0.25, -0.2) is 21.6 Å². The fraction of sp³-hybridized carbons (Fsp3) is 0.500. The number of benzene rings is 1. The van der Waals surface area contributed by atoms with E-state index >= 15 is 0 Å². The molecule has 7 nitrogen and oxygen atoms in total. The zero-order valence-electron chi connectivity index (χ0n) is 11.6. The summed E-state index contributed by atoms with van der Waals surface area (Å²) < 4.78 is 49.0. The predicted octanol–water partition coefficient (Wildman–Crippen LogP) is -0.634. The Morgan fingerprint density at radius 3 is 2.36 bits per heavy atom. The Morgan fingerprint density at radius 1 is 1.18 bits per heavy atom. The number of sulfonamides is 1. The number of hydrogen-bond donors (Lipinski definition) is 3. The first-order chi connectivity index (χ1) is 10.2. The summed E-state index contributed by atoms with van der Waals surface area (Å²) in [5.41, 5.74) is 0. The quantitative estimate of drug-likeness (QED) is 0.576. The van der Waals surface area contributed by atoms with Crippen LogP contribution in [0.5, 0.6) is 0 Å². The molecule has 124 valence electrons. The van der Waals surface area contributed by atoms with E-state index in [-0.39, 0.29) is 29.5 Å². The van der Waals surface area contributed by atoms with Gasteiger partial charge < -0.3 is 10.4 Å². The summed E-state index contributed by atoms with van der Waals surface area (Å²) in [7, 11) is -6.86. The van der Waals surface area contributed by atoms with Crippen LogP contribution >= 0.6 is 11.6 Å². The highest BCUT2D eigenvalue weighted by Crippen LogP contribution is 2.14. The Morgan fingerprint density at radius 2 is 1.82 bits per heavy atom. The van der Waals surface area contributed by atoms with Gasteiger partial charge in [-0.15, -0.1) is 0 Å². The van der Waals surface area contributed by atoms with Crippen LogP contribution in [0.3, 0.4) is 0 Å². The maximum atomic E-state index is 12.0. The van der Waals surface area contributed by atoms with Gasteiger partial charge in [0.15, 0.2) is 9.84 Å². The lowest BCUT2D eigenvalue weighted by Gasteiger charge is -2.15. The summed E-state index contributed by atoms with van der Waals surface area (Å²) in [5, 5.41) is 12.9. The Kier molecular flexibility index (Phi) is 5.46. The third-order valence-corrected chi connectivity index (χ3v) is 6.72. The van der Waals surface area contributed by atoms with Crippen molar-refractivity contribution in [2.75, 3.05) is 24.6 Å². The van der Waals surface area contributed by atoms with Gasteiger partial charge in [-0.05, 0) is 24.3 Å². The van der Waals surface area contributed by atoms with Crippen LogP contribution in [0, 0.1) is 0 Å². The lowest BCUT2D eigenvalue weighted by molar-refractivity contribution is 0.166. The summed E-state index contributed by atoms with van der Waals surface area (Å²) in [4.78, 5) is 0.0976. The van der Waals surface area contributed by atoms with Crippen molar-refractivity contribution >= 4 is 31.5 Å². The fourth-order valence-corrected chi connectivity index (χ4v) is 5.10. The van der Waals surface area contributed by atoms with Crippen molar-refractivity contribution in [2.45, 2.75) is 17.0 Å². The molecule has 0 spiro atoms. The summed E-state index contributed by atoms with van der Waals surface area (Å²) >= 11 is 5.70. The molecule has 2 atom stereocenters. The lowest BCUT2D eigenvalue weighted by Crippen LogP contribution is -2.42. The molecule has 1 aliphatic heterocycles. The molecule has 0 amide bonds. The largest absolute Gasteiger partial charge is 0.390 e. The van der Waals surface area contributed by atoms with Gasteiger partial charge in [0, 0.05) is 24.2 Å². The average Bonchev–Trinajstić information content (AvgIpc) is 2.68. The zero-order valence-corrected chi connectivity index (χ0v) is 14.0. The first-order valence-corrected chi connectivity index (χ1v) is 10.2. The summed E-state index contributed by atoms with van der Waals surface area (Å²) in [6, 6.07) is 5.18.